The van der Waals surface area contributed by atoms with E-state index in [4.69, 9.17) is 4.74 Å². The van der Waals surface area contributed by atoms with Crippen molar-refractivity contribution in [2.45, 2.75) is 38.9 Å². The van der Waals surface area contributed by atoms with Crippen LogP contribution in [-0.2, 0) is 6.18 Å². The Morgan fingerprint density at radius 3 is 2.23 bits per heavy atom. The minimum Gasteiger partial charge on any atom is -0.497 e. The van der Waals surface area contributed by atoms with Gasteiger partial charge >= 0.3 is 6.18 Å². The fourth-order valence-corrected chi connectivity index (χ4v) is 3.22. The average molecular weight is 417 g/mol. The van der Waals surface area contributed by atoms with Gasteiger partial charge in [-0.25, -0.2) is 0 Å². The van der Waals surface area contributed by atoms with E-state index >= 15 is 0 Å². The zero-order valence-electron chi connectivity index (χ0n) is 15.4. The second-order valence-electron chi connectivity index (χ2n) is 6.72. The number of ether oxygens (including phenoxy) is 1. The van der Waals surface area contributed by atoms with Gasteiger partial charge in [0.15, 0.2) is 0 Å². The van der Waals surface area contributed by atoms with Gasteiger partial charge in [0.2, 0.25) is 0 Å². The Kier molecular flexibility index (Phi) is 10.9. The lowest BCUT2D eigenvalue weighted by molar-refractivity contribution is -0.139. The molecule has 1 aliphatic rings. The van der Waals surface area contributed by atoms with Gasteiger partial charge in [0, 0.05) is 32.2 Å². The van der Waals surface area contributed by atoms with E-state index < -0.39 is 11.7 Å². The summed E-state index contributed by atoms with van der Waals surface area (Å²) >= 11 is 0. The Morgan fingerprint density at radius 1 is 1.12 bits per heavy atom. The summed E-state index contributed by atoms with van der Waals surface area (Å²) in [6.45, 7) is 7.38. The van der Waals surface area contributed by atoms with Crippen molar-refractivity contribution in [3.63, 3.8) is 0 Å². The van der Waals surface area contributed by atoms with Crippen molar-refractivity contribution in [2.75, 3.05) is 33.3 Å². The van der Waals surface area contributed by atoms with Gasteiger partial charge < -0.3 is 10.1 Å². The van der Waals surface area contributed by atoms with Crippen LogP contribution in [0, 0.1) is 5.92 Å². The van der Waals surface area contributed by atoms with Crippen LogP contribution in [-0.4, -0.2) is 38.2 Å². The molecule has 1 heterocycles. The summed E-state index contributed by atoms with van der Waals surface area (Å²) in [5.74, 6) is 0.706. The van der Waals surface area contributed by atoms with Crippen LogP contribution in [0.3, 0.4) is 0 Å². The highest BCUT2D eigenvalue weighted by atomic mass is 35.5. The number of halogens is 5. The van der Waals surface area contributed by atoms with Crippen molar-refractivity contribution < 1.29 is 17.9 Å². The number of rotatable bonds is 6. The van der Waals surface area contributed by atoms with Crippen molar-refractivity contribution in [3.8, 4) is 5.75 Å². The van der Waals surface area contributed by atoms with Crippen LogP contribution in [0.1, 0.15) is 43.9 Å². The van der Waals surface area contributed by atoms with Crippen LogP contribution in [0.2, 0.25) is 0 Å². The van der Waals surface area contributed by atoms with Gasteiger partial charge in [-0.05, 0) is 36.5 Å². The highest BCUT2D eigenvalue weighted by Gasteiger charge is 2.37. The van der Waals surface area contributed by atoms with Crippen molar-refractivity contribution in [1.29, 1.82) is 0 Å². The molecule has 0 unspecified atom stereocenters. The molecule has 0 amide bonds. The average Bonchev–Trinajstić information content (AvgIpc) is 2.55. The minimum atomic E-state index is -4.38. The van der Waals surface area contributed by atoms with Gasteiger partial charge in [-0.1, -0.05) is 19.9 Å². The third kappa shape index (κ3) is 6.80. The van der Waals surface area contributed by atoms with Crippen LogP contribution in [0.4, 0.5) is 13.2 Å². The van der Waals surface area contributed by atoms with Crippen molar-refractivity contribution >= 4 is 24.8 Å². The Hall–Kier alpha value is -0.690. The molecule has 3 nitrogen and oxygen atoms in total. The van der Waals surface area contributed by atoms with Crippen LogP contribution in [0.5, 0.6) is 5.75 Å². The van der Waals surface area contributed by atoms with Gasteiger partial charge in [-0.2, -0.15) is 13.2 Å². The molecule has 0 radical (unpaired) electrons. The molecule has 1 aromatic carbocycles. The van der Waals surface area contributed by atoms with E-state index in [0.717, 1.165) is 45.1 Å². The SMILES string of the molecule is COc1ccc([C@@H](CCC(C)C)N2CCNCC2)c(C(F)(F)F)c1.Cl.Cl. The van der Waals surface area contributed by atoms with Gasteiger partial charge in [-0.3, -0.25) is 4.90 Å². The predicted molar refractivity (Wildman–Crippen MR) is 104 cm³/mol. The molecule has 152 valence electrons. The number of piperazine rings is 1. The maximum atomic E-state index is 13.6. The predicted octanol–water partition coefficient (Wildman–Crippen LogP) is 4.94. The van der Waals surface area contributed by atoms with Gasteiger partial charge in [0.05, 0.1) is 12.7 Å². The standard InChI is InChI=1S/C18H27F3N2O.2ClH/c1-13(2)4-7-17(23-10-8-22-9-11-23)15-6-5-14(24-3)12-16(15)18(19,20)21;;/h5-6,12-13,17,22H,4,7-11H2,1-3H3;2*1H/t17-;;/m1../s1. The molecular formula is C18H29Cl2F3N2O. The van der Waals surface area contributed by atoms with Crippen molar-refractivity contribution in [2.24, 2.45) is 5.92 Å². The Bertz CT molecular complexity index is 536. The van der Waals surface area contributed by atoms with E-state index in [2.05, 4.69) is 24.1 Å². The van der Waals surface area contributed by atoms with E-state index in [1.54, 1.807) is 12.1 Å². The molecule has 8 heteroatoms. The molecule has 2 rings (SSSR count). The first-order valence-corrected chi connectivity index (χ1v) is 8.52. The molecular weight excluding hydrogens is 388 g/mol. The summed E-state index contributed by atoms with van der Waals surface area (Å²) in [5, 5.41) is 3.27. The Morgan fingerprint density at radius 2 is 1.73 bits per heavy atom. The lowest BCUT2D eigenvalue weighted by Crippen LogP contribution is -2.45. The third-order valence-electron chi connectivity index (χ3n) is 4.53. The fourth-order valence-electron chi connectivity index (χ4n) is 3.22. The van der Waals surface area contributed by atoms with Gasteiger partial charge in [0.1, 0.15) is 5.75 Å². The summed E-state index contributed by atoms with van der Waals surface area (Å²) < 4.78 is 45.8. The maximum absolute atomic E-state index is 13.6. The zero-order chi connectivity index (χ0) is 17.7. The second-order valence-corrected chi connectivity index (χ2v) is 6.72. The van der Waals surface area contributed by atoms with E-state index in [1.165, 1.54) is 7.11 Å². The first-order valence-electron chi connectivity index (χ1n) is 8.52. The molecule has 0 bridgehead atoms. The molecule has 0 spiro atoms. The van der Waals surface area contributed by atoms with Gasteiger partial charge in [-0.15, -0.1) is 24.8 Å². The molecule has 1 saturated heterocycles. The number of benzene rings is 1. The monoisotopic (exact) mass is 416 g/mol. The maximum Gasteiger partial charge on any atom is 0.416 e. The molecule has 1 fully saturated rings. The highest BCUT2D eigenvalue weighted by molar-refractivity contribution is 5.85. The molecule has 26 heavy (non-hydrogen) atoms. The lowest BCUT2D eigenvalue weighted by atomic mass is 9.92. The minimum absolute atomic E-state index is 0. The number of nitrogens with one attached hydrogen (secondary N) is 1. The first kappa shape index (κ1) is 25.3. The molecule has 1 N–H and O–H groups in total. The quantitative estimate of drug-likeness (QED) is 0.710. The molecule has 1 aromatic rings. The summed E-state index contributed by atoms with van der Waals surface area (Å²) in [7, 11) is 1.39. The molecule has 0 aromatic heterocycles. The van der Waals surface area contributed by atoms with E-state index in [9.17, 15) is 13.2 Å². The Balaban J connectivity index is 0.00000312. The van der Waals surface area contributed by atoms with E-state index in [0.29, 0.717) is 11.5 Å². The molecule has 1 aliphatic heterocycles. The normalized spacial score (nSPS) is 16.6. The van der Waals surface area contributed by atoms with Gasteiger partial charge in [0.25, 0.3) is 0 Å². The lowest BCUT2D eigenvalue weighted by Gasteiger charge is -2.36. The van der Waals surface area contributed by atoms with Crippen LogP contribution in [0.25, 0.3) is 0 Å². The topological polar surface area (TPSA) is 24.5 Å². The second kappa shape index (κ2) is 11.2. The number of methoxy groups -OCH3 is 1. The number of hydrogen-bond acceptors (Lipinski definition) is 3. The third-order valence-corrected chi connectivity index (χ3v) is 4.53. The van der Waals surface area contributed by atoms with Crippen LogP contribution in [0.15, 0.2) is 18.2 Å². The highest BCUT2D eigenvalue weighted by Crippen LogP contribution is 2.40. The van der Waals surface area contributed by atoms with Crippen LogP contribution < -0.4 is 10.1 Å². The summed E-state index contributed by atoms with van der Waals surface area (Å²) in [6, 6.07) is 4.14. The summed E-state index contributed by atoms with van der Waals surface area (Å²) in [5.41, 5.74) is -0.208. The van der Waals surface area contributed by atoms with Crippen LogP contribution >= 0.6 is 24.8 Å². The fraction of sp³-hybridized carbons (Fsp3) is 0.667. The Labute approximate surface area is 166 Å². The number of nitrogens with zero attached hydrogens (tertiary/aromatic N) is 1. The summed E-state index contributed by atoms with van der Waals surface area (Å²) in [4.78, 5) is 2.18. The van der Waals surface area contributed by atoms with E-state index in [1.807, 2.05) is 0 Å². The van der Waals surface area contributed by atoms with Crippen molar-refractivity contribution in [3.05, 3.63) is 29.3 Å². The number of hydrogen-bond donors (Lipinski definition) is 1. The zero-order valence-corrected chi connectivity index (χ0v) is 17.1. The smallest absolute Gasteiger partial charge is 0.416 e. The first-order chi connectivity index (χ1) is 11.3. The van der Waals surface area contributed by atoms with E-state index in [-0.39, 0.29) is 36.6 Å². The van der Waals surface area contributed by atoms with Crippen molar-refractivity contribution in [1.82, 2.24) is 10.2 Å². The summed E-state index contributed by atoms with van der Waals surface area (Å²) in [6.07, 6.45) is -2.75. The largest absolute Gasteiger partial charge is 0.497 e. The molecule has 1 atom stereocenters. The molecule has 0 aliphatic carbocycles. The number of alkyl halides is 3. The molecule has 0 saturated carbocycles.